The van der Waals surface area contributed by atoms with Crippen molar-refractivity contribution in [2.24, 2.45) is 23.7 Å². The van der Waals surface area contributed by atoms with Crippen LogP contribution in [0, 0.1) is 41.1 Å². The van der Waals surface area contributed by atoms with Crippen LogP contribution in [-0.4, -0.2) is 6.61 Å². The van der Waals surface area contributed by atoms with E-state index in [9.17, 15) is 13.2 Å². The number of hydrogen-bond acceptors (Lipinski definition) is 1. The molecule has 0 radical (unpaired) electrons. The van der Waals surface area contributed by atoms with Gasteiger partial charge in [0.25, 0.3) is 0 Å². The lowest BCUT2D eigenvalue weighted by Crippen LogP contribution is -2.27. The Hall–Kier alpha value is -1.19. The van der Waals surface area contributed by atoms with Gasteiger partial charge in [0.2, 0.25) is 5.82 Å². The zero-order valence-electron chi connectivity index (χ0n) is 15.8. The Labute approximate surface area is 155 Å². The predicted octanol–water partition coefficient (Wildman–Crippen LogP) is 6.90. The first-order valence-corrected chi connectivity index (χ1v) is 10.3. The smallest absolute Gasteiger partial charge is 0.203 e. The van der Waals surface area contributed by atoms with Gasteiger partial charge in [0, 0.05) is 0 Å². The van der Waals surface area contributed by atoms with Crippen LogP contribution in [0.5, 0.6) is 5.75 Å². The fourth-order valence-electron chi connectivity index (χ4n) is 5.01. The van der Waals surface area contributed by atoms with E-state index in [4.69, 9.17) is 4.74 Å². The van der Waals surface area contributed by atoms with Crippen LogP contribution in [0.3, 0.4) is 0 Å². The SMILES string of the molecule is CCC[C@H]1CC[C@H]([C@H]2CC[C@H](COc3ccc(F)c(F)c3F)CC2)CC1. The first kappa shape index (κ1) is 19.6. The lowest BCUT2D eigenvalue weighted by Gasteiger charge is -2.37. The van der Waals surface area contributed by atoms with Gasteiger partial charge in [0.05, 0.1) is 6.61 Å². The Kier molecular flexibility index (Phi) is 6.88. The second-order valence-corrected chi connectivity index (χ2v) is 8.33. The van der Waals surface area contributed by atoms with Crippen molar-refractivity contribution in [3.63, 3.8) is 0 Å². The summed E-state index contributed by atoms with van der Waals surface area (Å²) in [5.41, 5.74) is 0. The number of halogens is 3. The third-order valence-corrected chi connectivity index (χ3v) is 6.62. The zero-order valence-corrected chi connectivity index (χ0v) is 15.8. The highest BCUT2D eigenvalue weighted by atomic mass is 19.2. The van der Waals surface area contributed by atoms with E-state index in [1.54, 1.807) is 0 Å². The number of rotatable bonds is 6. The number of hydrogen-bond donors (Lipinski definition) is 0. The molecule has 0 aromatic heterocycles. The van der Waals surface area contributed by atoms with Crippen molar-refractivity contribution in [1.29, 1.82) is 0 Å². The molecule has 1 nitrogen and oxygen atoms in total. The molecule has 1 aromatic carbocycles. The molecule has 4 heteroatoms. The molecule has 0 saturated heterocycles. The van der Waals surface area contributed by atoms with Gasteiger partial charge in [-0.25, -0.2) is 8.78 Å². The molecule has 2 saturated carbocycles. The Morgan fingerprint density at radius 2 is 1.38 bits per heavy atom. The first-order chi connectivity index (χ1) is 12.6. The lowest BCUT2D eigenvalue weighted by atomic mass is 9.69. The summed E-state index contributed by atoms with van der Waals surface area (Å²) in [4.78, 5) is 0. The molecule has 0 unspecified atom stereocenters. The van der Waals surface area contributed by atoms with Crippen LogP contribution in [0.1, 0.15) is 71.1 Å². The topological polar surface area (TPSA) is 9.23 Å². The van der Waals surface area contributed by atoms with Crippen molar-refractivity contribution >= 4 is 0 Å². The summed E-state index contributed by atoms with van der Waals surface area (Å²) in [7, 11) is 0. The molecule has 2 fully saturated rings. The monoisotopic (exact) mass is 368 g/mol. The van der Waals surface area contributed by atoms with E-state index in [0.717, 1.165) is 36.7 Å². The van der Waals surface area contributed by atoms with E-state index in [1.165, 1.54) is 57.4 Å². The highest BCUT2D eigenvalue weighted by Crippen LogP contribution is 2.42. The third-order valence-electron chi connectivity index (χ3n) is 6.62. The molecule has 2 aliphatic rings. The largest absolute Gasteiger partial charge is 0.490 e. The summed E-state index contributed by atoms with van der Waals surface area (Å²) < 4.78 is 45.4. The van der Waals surface area contributed by atoms with Crippen molar-refractivity contribution in [2.45, 2.75) is 71.1 Å². The molecule has 3 rings (SSSR count). The fraction of sp³-hybridized carbons (Fsp3) is 0.727. The maximum absolute atomic E-state index is 13.7. The number of ether oxygens (including phenoxy) is 1. The summed E-state index contributed by atoms with van der Waals surface area (Å²) in [6.45, 7) is 2.67. The van der Waals surface area contributed by atoms with Gasteiger partial charge < -0.3 is 4.74 Å². The van der Waals surface area contributed by atoms with Crippen LogP contribution in [0.15, 0.2) is 12.1 Å². The van der Waals surface area contributed by atoms with Crippen molar-refractivity contribution in [2.75, 3.05) is 6.61 Å². The van der Waals surface area contributed by atoms with Crippen molar-refractivity contribution in [3.8, 4) is 5.75 Å². The van der Waals surface area contributed by atoms with Crippen LogP contribution >= 0.6 is 0 Å². The van der Waals surface area contributed by atoms with E-state index in [-0.39, 0.29) is 5.75 Å². The third kappa shape index (κ3) is 4.75. The molecule has 0 bridgehead atoms. The minimum atomic E-state index is -1.45. The summed E-state index contributed by atoms with van der Waals surface area (Å²) in [5, 5.41) is 0. The van der Waals surface area contributed by atoms with E-state index in [1.807, 2.05) is 0 Å². The van der Waals surface area contributed by atoms with Crippen LogP contribution < -0.4 is 4.74 Å². The summed E-state index contributed by atoms with van der Waals surface area (Å²) in [6, 6.07) is 2.09. The van der Waals surface area contributed by atoms with Gasteiger partial charge in [0.1, 0.15) is 0 Å². The van der Waals surface area contributed by atoms with Crippen molar-refractivity contribution in [3.05, 3.63) is 29.6 Å². The highest BCUT2D eigenvalue weighted by molar-refractivity contribution is 5.26. The van der Waals surface area contributed by atoms with Gasteiger partial charge in [-0.05, 0) is 74.3 Å². The van der Waals surface area contributed by atoms with E-state index in [2.05, 4.69) is 6.92 Å². The van der Waals surface area contributed by atoms with Gasteiger partial charge in [0.15, 0.2) is 17.4 Å². The summed E-state index contributed by atoms with van der Waals surface area (Å²) in [5.74, 6) is -0.985. The Morgan fingerprint density at radius 1 is 0.808 bits per heavy atom. The summed E-state index contributed by atoms with van der Waals surface area (Å²) in [6.07, 6.45) is 12.9. The van der Waals surface area contributed by atoms with E-state index in [0.29, 0.717) is 12.5 Å². The van der Waals surface area contributed by atoms with E-state index >= 15 is 0 Å². The molecule has 0 N–H and O–H groups in total. The lowest BCUT2D eigenvalue weighted by molar-refractivity contribution is 0.120. The van der Waals surface area contributed by atoms with Gasteiger partial charge >= 0.3 is 0 Å². The molecule has 0 aliphatic heterocycles. The van der Waals surface area contributed by atoms with Crippen molar-refractivity contribution in [1.82, 2.24) is 0 Å². The Bertz CT molecular complexity index is 573. The normalized spacial score (nSPS) is 29.5. The summed E-state index contributed by atoms with van der Waals surface area (Å²) >= 11 is 0. The van der Waals surface area contributed by atoms with Gasteiger partial charge in [-0.2, -0.15) is 4.39 Å². The van der Waals surface area contributed by atoms with Crippen molar-refractivity contribution < 1.29 is 17.9 Å². The van der Waals surface area contributed by atoms with Crippen LogP contribution in [0.4, 0.5) is 13.2 Å². The molecular formula is C22H31F3O. The first-order valence-electron chi connectivity index (χ1n) is 10.3. The van der Waals surface area contributed by atoms with Gasteiger partial charge in [-0.15, -0.1) is 0 Å². The maximum Gasteiger partial charge on any atom is 0.203 e. The second-order valence-electron chi connectivity index (χ2n) is 8.33. The molecule has 0 amide bonds. The second kappa shape index (κ2) is 9.14. The molecule has 26 heavy (non-hydrogen) atoms. The molecule has 1 aromatic rings. The zero-order chi connectivity index (χ0) is 18.5. The molecule has 0 spiro atoms. The molecule has 0 heterocycles. The Balaban J connectivity index is 1.41. The minimum absolute atomic E-state index is 0.180. The van der Waals surface area contributed by atoms with Gasteiger partial charge in [-0.1, -0.05) is 32.6 Å². The van der Waals surface area contributed by atoms with Crippen LogP contribution in [0.2, 0.25) is 0 Å². The Morgan fingerprint density at radius 3 is 1.96 bits per heavy atom. The highest BCUT2D eigenvalue weighted by Gasteiger charge is 2.31. The molecule has 0 atom stereocenters. The van der Waals surface area contributed by atoms with Gasteiger partial charge in [-0.3, -0.25) is 0 Å². The minimum Gasteiger partial charge on any atom is -0.490 e. The standard InChI is InChI=1S/C22H31F3O/c1-2-3-15-4-8-17(9-5-15)18-10-6-16(7-11-18)14-26-20-13-12-19(23)21(24)22(20)25/h12-13,15-18H,2-11,14H2,1H3/t15-,16-,17-,18-. The van der Waals surface area contributed by atoms with Crippen LogP contribution in [0.25, 0.3) is 0 Å². The molecule has 2 aliphatic carbocycles. The average Bonchev–Trinajstić information content (AvgIpc) is 2.67. The maximum atomic E-state index is 13.7. The average molecular weight is 368 g/mol. The van der Waals surface area contributed by atoms with Crippen LogP contribution in [-0.2, 0) is 0 Å². The quantitative estimate of drug-likeness (QED) is 0.496. The van der Waals surface area contributed by atoms with E-state index < -0.39 is 17.5 Å². The fourth-order valence-corrected chi connectivity index (χ4v) is 5.01. The molecular weight excluding hydrogens is 337 g/mol. The predicted molar refractivity (Wildman–Crippen MR) is 97.6 cm³/mol. The molecule has 146 valence electrons. The number of benzene rings is 1.